The Kier molecular flexibility index (Phi) is 6.67. The summed E-state index contributed by atoms with van der Waals surface area (Å²) >= 11 is 0. The number of para-hydroxylation sites is 1. The maximum absolute atomic E-state index is 9.76. The van der Waals surface area contributed by atoms with Crippen molar-refractivity contribution < 1.29 is 5.11 Å². The van der Waals surface area contributed by atoms with E-state index in [-0.39, 0.29) is 6.04 Å². The maximum Gasteiger partial charge on any atom is 0.120 e. The minimum Gasteiger partial charge on any atom is -0.508 e. The van der Waals surface area contributed by atoms with Crippen molar-refractivity contribution in [1.82, 2.24) is 5.43 Å². The molecule has 96 valence electrons. The van der Waals surface area contributed by atoms with Gasteiger partial charge in [0.05, 0.1) is 0 Å². The van der Waals surface area contributed by atoms with E-state index in [1.54, 1.807) is 6.07 Å². The lowest BCUT2D eigenvalue weighted by molar-refractivity contribution is 0.430. The molecule has 1 rings (SSSR count). The van der Waals surface area contributed by atoms with Crippen LogP contribution in [0.4, 0.5) is 0 Å². The first-order valence-electron chi connectivity index (χ1n) is 6.53. The number of nitrogens with one attached hydrogen (secondary N) is 1. The Labute approximate surface area is 104 Å². The second-order valence-electron chi connectivity index (χ2n) is 4.48. The number of hydrazine groups is 1. The van der Waals surface area contributed by atoms with E-state index in [2.05, 4.69) is 12.3 Å². The van der Waals surface area contributed by atoms with Gasteiger partial charge >= 0.3 is 0 Å². The predicted molar refractivity (Wildman–Crippen MR) is 71.5 cm³/mol. The van der Waals surface area contributed by atoms with Crippen LogP contribution in [0.15, 0.2) is 24.3 Å². The van der Waals surface area contributed by atoms with Crippen LogP contribution in [0.2, 0.25) is 0 Å². The van der Waals surface area contributed by atoms with Gasteiger partial charge in [0.1, 0.15) is 5.75 Å². The van der Waals surface area contributed by atoms with Crippen LogP contribution in [0.1, 0.15) is 57.1 Å². The zero-order valence-electron chi connectivity index (χ0n) is 10.7. The molecular weight excluding hydrogens is 212 g/mol. The van der Waals surface area contributed by atoms with Gasteiger partial charge in [-0.3, -0.25) is 11.3 Å². The molecule has 0 heterocycles. The van der Waals surface area contributed by atoms with E-state index in [0.29, 0.717) is 5.75 Å². The Morgan fingerprint density at radius 2 is 1.88 bits per heavy atom. The Bertz CT molecular complexity index is 315. The molecule has 0 aliphatic heterocycles. The summed E-state index contributed by atoms with van der Waals surface area (Å²) in [6.45, 7) is 2.21. The fourth-order valence-electron chi connectivity index (χ4n) is 2.06. The van der Waals surface area contributed by atoms with Gasteiger partial charge in [-0.25, -0.2) is 0 Å². The van der Waals surface area contributed by atoms with Crippen molar-refractivity contribution in [1.29, 1.82) is 0 Å². The number of phenols is 1. The van der Waals surface area contributed by atoms with E-state index in [9.17, 15) is 5.11 Å². The van der Waals surface area contributed by atoms with Gasteiger partial charge in [-0.05, 0) is 12.5 Å². The zero-order valence-corrected chi connectivity index (χ0v) is 10.7. The van der Waals surface area contributed by atoms with Gasteiger partial charge in [0.2, 0.25) is 0 Å². The number of aromatic hydroxyl groups is 1. The topological polar surface area (TPSA) is 58.3 Å². The van der Waals surface area contributed by atoms with Crippen molar-refractivity contribution in [3.05, 3.63) is 29.8 Å². The molecule has 0 aliphatic carbocycles. The average Bonchev–Trinajstić information content (AvgIpc) is 2.35. The number of hydrogen-bond donors (Lipinski definition) is 3. The second-order valence-corrected chi connectivity index (χ2v) is 4.48. The third-order valence-electron chi connectivity index (χ3n) is 3.11. The van der Waals surface area contributed by atoms with Crippen LogP contribution >= 0.6 is 0 Å². The monoisotopic (exact) mass is 236 g/mol. The third-order valence-corrected chi connectivity index (χ3v) is 3.11. The summed E-state index contributed by atoms with van der Waals surface area (Å²) in [6, 6.07) is 7.44. The molecule has 17 heavy (non-hydrogen) atoms. The van der Waals surface area contributed by atoms with E-state index < -0.39 is 0 Å². The standard InChI is InChI=1S/C14H24N2O/c1-2-3-4-5-6-10-13(16-15)12-9-7-8-11-14(12)17/h7-9,11,13,16-17H,2-6,10,15H2,1H3. The highest BCUT2D eigenvalue weighted by Gasteiger charge is 2.12. The lowest BCUT2D eigenvalue weighted by atomic mass is 9.99. The van der Waals surface area contributed by atoms with Crippen molar-refractivity contribution in [2.24, 2.45) is 5.84 Å². The summed E-state index contributed by atoms with van der Waals surface area (Å²) < 4.78 is 0. The lowest BCUT2D eigenvalue weighted by Gasteiger charge is -2.17. The summed E-state index contributed by atoms with van der Waals surface area (Å²) in [5.74, 6) is 5.88. The molecule has 0 radical (unpaired) electrons. The molecule has 1 atom stereocenters. The van der Waals surface area contributed by atoms with E-state index in [1.807, 2.05) is 18.2 Å². The van der Waals surface area contributed by atoms with Gasteiger partial charge in [0.25, 0.3) is 0 Å². The van der Waals surface area contributed by atoms with Crippen LogP contribution in [0.25, 0.3) is 0 Å². The average molecular weight is 236 g/mol. The van der Waals surface area contributed by atoms with E-state index >= 15 is 0 Å². The van der Waals surface area contributed by atoms with Gasteiger partial charge in [-0.2, -0.15) is 0 Å². The normalized spacial score (nSPS) is 12.6. The summed E-state index contributed by atoms with van der Waals surface area (Å²) in [5, 5.41) is 9.76. The van der Waals surface area contributed by atoms with Crippen LogP contribution < -0.4 is 11.3 Å². The Morgan fingerprint density at radius 1 is 1.18 bits per heavy atom. The Morgan fingerprint density at radius 3 is 2.53 bits per heavy atom. The third kappa shape index (κ3) is 4.75. The predicted octanol–water partition coefficient (Wildman–Crippen LogP) is 3.26. The first kappa shape index (κ1) is 14.0. The number of benzene rings is 1. The smallest absolute Gasteiger partial charge is 0.120 e. The molecule has 3 heteroatoms. The van der Waals surface area contributed by atoms with E-state index in [1.165, 1.54) is 25.7 Å². The van der Waals surface area contributed by atoms with Crippen LogP contribution in [0.3, 0.4) is 0 Å². The molecule has 4 N–H and O–H groups in total. The lowest BCUT2D eigenvalue weighted by Crippen LogP contribution is -2.28. The molecule has 1 aromatic rings. The van der Waals surface area contributed by atoms with Crippen LogP contribution in [0.5, 0.6) is 5.75 Å². The molecule has 0 fully saturated rings. The minimum absolute atomic E-state index is 0.0535. The first-order chi connectivity index (χ1) is 8.29. The molecule has 0 aliphatic rings. The fraction of sp³-hybridized carbons (Fsp3) is 0.571. The van der Waals surface area contributed by atoms with Gasteiger partial charge in [0.15, 0.2) is 0 Å². The van der Waals surface area contributed by atoms with E-state index in [4.69, 9.17) is 5.84 Å². The van der Waals surface area contributed by atoms with Crippen molar-refractivity contribution in [2.45, 2.75) is 51.5 Å². The van der Waals surface area contributed by atoms with Gasteiger partial charge < -0.3 is 5.11 Å². The quantitative estimate of drug-likeness (QED) is 0.369. The minimum atomic E-state index is 0.0535. The second kappa shape index (κ2) is 8.09. The zero-order chi connectivity index (χ0) is 12.5. The highest BCUT2D eigenvalue weighted by Crippen LogP contribution is 2.26. The highest BCUT2D eigenvalue weighted by molar-refractivity contribution is 5.34. The molecule has 0 saturated carbocycles. The molecule has 1 aromatic carbocycles. The van der Waals surface area contributed by atoms with Crippen molar-refractivity contribution >= 4 is 0 Å². The summed E-state index contributed by atoms with van der Waals surface area (Å²) in [4.78, 5) is 0. The summed E-state index contributed by atoms with van der Waals surface area (Å²) in [5.41, 5.74) is 3.68. The van der Waals surface area contributed by atoms with Crippen LogP contribution in [-0.2, 0) is 0 Å². The van der Waals surface area contributed by atoms with Gasteiger partial charge in [0, 0.05) is 11.6 Å². The summed E-state index contributed by atoms with van der Waals surface area (Å²) in [7, 11) is 0. The molecule has 1 unspecified atom stereocenters. The molecule has 0 amide bonds. The van der Waals surface area contributed by atoms with Crippen molar-refractivity contribution in [3.63, 3.8) is 0 Å². The highest BCUT2D eigenvalue weighted by atomic mass is 16.3. The molecule has 0 bridgehead atoms. The Hall–Kier alpha value is -1.06. The molecule has 0 aromatic heterocycles. The molecule has 0 spiro atoms. The largest absolute Gasteiger partial charge is 0.508 e. The molecular formula is C14H24N2O. The van der Waals surface area contributed by atoms with Gasteiger partial charge in [-0.1, -0.05) is 57.2 Å². The summed E-state index contributed by atoms with van der Waals surface area (Å²) in [6.07, 6.45) is 7.20. The van der Waals surface area contributed by atoms with Crippen LogP contribution in [0, 0.1) is 0 Å². The molecule has 0 saturated heterocycles. The Balaban J connectivity index is 2.41. The number of phenolic OH excluding ortho intramolecular Hbond substituents is 1. The fourth-order valence-corrected chi connectivity index (χ4v) is 2.06. The van der Waals surface area contributed by atoms with Gasteiger partial charge in [-0.15, -0.1) is 0 Å². The molecule has 3 nitrogen and oxygen atoms in total. The number of rotatable bonds is 8. The van der Waals surface area contributed by atoms with E-state index in [0.717, 1.165) is 18.4 Å². The van der Waals surface area contributed by atoms with Crippen molar-refractivity contribution in [2.75, 3.05) is 0 Å². The van der Waals surface area contributed by atoms with Crippen molar-refractivity contribution in [3.8, 4) is 5.75 Å². The number of hydrogen-bond acceptors (Lipinski definition) is 3. The first-order valence-corrected chi connectivity index (χ1v) is 6.53. The van der Waals surface area contributed by atoms with Crippen LogP contribution in [-0.4, -0.2) is 5.11 Å². The maximum atomic E-state index is 9.76. The number of nitrogens with two attached hydrogens (primary N) is 1. The SMILES string of the molecule is CCCCCCCC(NN)c1ccccc1O. The number of unbranched alkanes of at least 4 members (excludes halogenated alkanes) is 4.